The minimum Gasteiger partial charge on any atom is -0.454 e. The average molecular weight is 413 g/mol. The van der Waals surface area contributed by atoms with Crippen LogP contribution in [0.3, 0.4) is 0 Å². The van der Waals surface area contributed by atoms with Gasteiger partial charge in [0.1, 0.15) is 6.54 Å². The van der Waals surface area contributed by atoms with Gasteiger partial charge in [0.15, 0.2) is 6.61 Å². The molecule has 1 saturated heterocycles. The third-order valence-corrected chi connectivity index (χ3v) is 5.54. The van der Waals surface area contributed by atoms with E-state index in [9.17, 15) is 19.2 Å². The van der Waals surface area contributed by atoms with Crippen LogP contribution in [-0.4, -0.2) is 67.8 Å². The molecule has 2 aliphatic rings. The molecule has 2 atom stereocenters. The van der Waals surface area contributed by atoms with Gasteiger partial charge >= 0.3 is 5.97 Å². The number of rotatable bonds is 7. The maximum atomic E-state index is 12.4. The molecule has 0 spiro atoms. The first-order valence-corrected chi connectivity index (χ1v) is 9.94. The van der Waals surface area contributed by atoms with Crippen molar-refractivity contribution < 1.29 is 23.9 Å². The van der Waals surface area contributed by atoms with Crippen LogP contribution in [0.1, 0.15) is 18.4 Å². The first kappa shape index (κ1) is 21.5. The van der Waals surface area contributed by atoms with Crippen LogP contribution in [0.25, 0.3) is 0 Å². The van der Waals surface area contributed by atoms with Crippen LogP contribution in [0.5, 0.6) is 0 Å². The summed E-state index contributed by atoms with van der Waals surface area (Å²) in [6.07, 6.45) is 4.80. The van der Waals surface area contributed by atoms with Crippen molar-refractivity contribution in [2.75, 3.05) is 39.2 Å². The Labute approximate surface area is 176 Å². The van der Waals surface area contributed by atoms with Gasteiger partial charge in [0.25, 0.3) is 5.91 Å². The summed E-state index contributed by atoms with van der Waals surface area (Å²) in [4.78, 5) is 53.6. The molecule has 30 heavy (non-hydrogen) atoms. The molecule has 8 nitrogen and oxygen atoms in total. The molecule has 1 aliphatic carbocycles. The van der Waals surface area contributed by atoms with Crippen LogP contribution in [-0.2, 0) is 30.5 Å². The third-order valence-electron chi connectivity index (χ3n) is 5.54. The number of likely N-dealkylation sites (N-methyl/N-ethyl adjacent to an activating group) is 1. The van der Waals surface area contributed by atoms with Crippen LogP contribution in [0.2, 0.25) is 0 Å². The van der Waals surface area contributed by atoms with E-state index in [0.29, 0.717) is 19.4 Å². The van der Waals surface area contributed by atoms with Gasteiger partial charge in [-0.1, -0.05) is 24.3 Å². The number of ether oxygens (including phenoxy) is 1. The molecule has 0 unspecified atom stereocenters. The highest BCUT2D eigenvalue weighted by molar-refractivity contribution is 6.07. The fourth-order valence-electron chi connectivity index (χ4n) is 3.71. The summed E-state index contributed by atoms with van der Waals surface area (Å²) in [5.74, 6) is -2.58. The van der Waals surface area contributed by atoms with E-state index in [-0.39, 0.29) is 29.6 Å². The number of fused-ring (bicyclic) bond motifs is 1. The lowest BCUT2D eigenvalue weighted by atomic mass is 9.85. The number of benzene rings is 1. The zero-order valence-electron chi connectivity index (χ0n) is 17.5. The summed E-state index contributed by atoms with van der Waals surface area (Å²) < 4.78 is 5.03. The number of allylic oxidation sites excluding steroid dienone is 2. The number of imide groups is 1. The van der Waals surface area contributed by atoms with E-state index in [2.05, 4.69) is 0 Å². The summed E-state index contributed by atoms with van der Waals surface area (Å²) >= 11 is 0. The van der Waals surface area contributed by atoms with Crippen molar-refractivity contribution in [1.29, 1.82) is 0 Å². The van der Waals surface area contributed by atoms with Gasteiger partial charge in [-0.25, -0.2) is 0 Å². The van der Waals surface area contributed by atoms with Crippen molar-refractivity contribution in [3.8, 4) is 0 Å². The largest absolute Gasteiger partial charge is 0.454 e. The normalized spacial score (nSPS) is 20.2. The number of hydrogen-bond donors (Lipinski definition) is 0. The summed E-state index contributed by atoms with van der Waals surface area (Å²) in [7, 11) is 5.53. The highest BCUT2D eigenvalue weighted by Crippen LogP contribution is 2.34. The van der Waals surface area contributed by atoms with Gasteiger partial charge in [0.2, 0.25) is 11.8 Å². The van der Waals surface area contributed by atoms with Gasteiger partial charge in [0, 0.05) is 33.4 Å². The second-order valence-electron chi connectivity index (χ2n) is 7.89. The molecule has 0 bridgehead atoms. The Morgan fingerprint density at radius 2 is 1.57 bits per heavy atom. The number of esters is 1. The molecule has 3 amide bonds. The number of anilines is 1. The van der Waals surface area contributed by atoms with Gasteiger partial charge in [-0.05, 0) is 30.5 Å². The third kappa shape index (κ3) is 4.69. The van der Waals surface area contributed by atoms with Crippen LogP contribution in [0.15, 0.2) is 36.4 Å². The summed E-state index contributed by atoms with van der Waals surface area (Å²) in [5.41, 5.74) is 2.01. The van der Waals surface area contributed by atoms with Crippen molar-refractivity contribution in [3.05, 3.63) is 42.0 Å². The molecule has 1 aromatic rings. The first-order valence-electron chi connectivity index (χ1n) is 9.94. The molecular weight excluding hydrogens is 386 g/mol. The molecule has 3 rings (SSSR count). The number of carbonyl (C=O) groups excluding carboxylic acids is 4. The predicted molar refractivity (Wildman–Crippen MR) is 110 cm³/mol. The van der Waals surface area contributed by atoms with Gasteiger partial charge < -0.3 is 14.5 Å². The molecule has 1 fully saturated rings. The maximum Gasteiger partial charge on any atom is 0.326 e. The monoisotopic (exact) mass is 413 g/mol. The molecule has 1 aromatic carbocycles. The summed E-state index contributed by atoms with van der Waals surface area (Å²) in [6, 6.07) is 7.80. The topological polar surface area (TPSA) is 87.2 Å². The lowest BCUT2D eigenvalue weighted by molar-refractivity contribution is -0.156. The van der Waals surface area contributed by atoms with E-state index >= 15 is 0 Å². The number of amides is 3. The Kier molecular flexibility index (Phi) is 6.54. The molecule has 0 aromatic heterocycles. The second kappa shape index (κ2) is 9.11. The van der Waals surface area contributed by atoms with Crippen molar-refractivity contribution >= 4 is 29.4 Å². The van der Waals surface area contributed by atoms with E-state index in [1.165, 1.54) is 4.90 Å². The molecule has 1 aliphatic heterocycles. The molecular formula is C22H27N3O5. The van der Waals surface area contributed by atoms with E-state index in [1.807, 2.05) is 55.4 Å². The van der Waals surface area contributed by atoms with Crippen LogP contribution in [0.4, 0.5) is 5.69 Å². The Morgan fingerprint density at radius 1 is 1.00 bits per heavy atom. The predicted octanol–water partition coefficient (Wildman–Crippen LogP) is 1.21. The molecule has 0 saturated carbocycles. The molecule has 1 heterocycles. The van der Waals surface area contributed by atoms with Gasteiger partial charge in [-0.15, -0.1) is 0 Å². The zero-order valence-corrected chi connectivity index (χ0v) is 17.5. The highest BCUT2D eigenvalue weighted by atomic mass is 16.5. The lowest BCUT2D eigenvalue weighted by Gasteiger charge is -2.19. The smallest absolute Gasteiger partial charge is 0.326 e. The molecule has 0 radical (unpaired) electrons. The standard InChI is InChI=1S/C22H27N3O5/c1-23(2)16-10-8-15(9-11-16)12-24(3)19(26)14-30-20(27)13-25-21(28)17-6-4-5-7-18(17)22(25)29/h4-5,8-11,17-18H,6-7,12-14H2,1-3H3/t17-,18-/m1/s1. The molecule has 160 valence electrons. The van der Waals surface area contributed by atoms with E-state index in [4.69, 9.17) is 4.74 Å². The Balaban J connectivity index is 1.46. The number of hydrogen-bond acceptors (Lipinski definition) is 6. The van der Waals surface area contributed by atoms with Crippen LogP contribution < -0.4 is 4.90 Å². The van der Waals surface area contributed by atoms with Crippen molar-refractivity contribution in [3.63, 3.8) is 0 Å². The minimum absolute atomic E-state index is 0.337. The quantitative estimate of drug-likeness (QED) is 0.379. The minimum atomic E-state index is -0.764. The Morgan fingerprint density at radius 3 is 2.10 bits per heavy atom. The number of likely N-dealkylation sites (tertiary alicyclic amines) is 1. The second-order valence-corrected chi connectivity index (χ2v) is 7.89. The van der Waals surface area contributed by atoms with Crippen LogP contribution >= 0.6 is 0 Å². The van der Waals surface area contributed by atoms with Crippen LogP contribution in [0, 0.1) is 11.8 Å². The summed E-state index contributed by atoms with van der Waals surface area (Å²) in [6.45, 7) is -0.507. The number of carbonyl (C=O) groups is 4. The number of nitrogens with zero attached hydrogens (tertiary/aromatic N) is 3. The fraction of sp³-hybridized carbons (Fsp3) is 0.455. The fourth-order valence-corrected chi connectivity index (χ4v) is 3.71. The molecule has 8 heteroatoms. The van der Waals surface area contributed by atoms with Gasteiger partial charge in [-0.2, -0.15) is 0 Å². The van der Waals surface area contributed by atoms with E-state index < -0.39 is 19.1 Å². The molecule has 0 N–H and O–H groups in total. The van der Waals surface area contributed by atoms with Gasteiger partial charge in [0.05, 0.1) is 11.8 Å². The van der Waals surface area contributed by atoms with Crippen molar-refractivity contribution in [2.24, 2.45) is 11.8 Å². The van der Waals surface area contributed by atoms with Gasteiger partial charge in [-0.3, -0.25) is 24.1 Å². The van der Waals surface area contributed by atoms with Crippen molar-refractivity contribution in [1.82, 2.24) is 9.80 Å². The zero-order chi connectivity index (χ0) is 21.8. The van der Waals surface area contributed by atoms with E-state index in [0.717, 1.165) is 16.2 Å². The maximum absolute atomic E-state index is 12.4. The Bertz CT molecular complexity index is 836. The van der Waals surface area contributed by atoms with E-state index in [1.54, 1.807) is 7.05 Å². The average Bonchev–Trinajstić information content (AvgIpc) is 2.97. The van der Waals surface area contributed by atoms with Crippen molar-refractivity contribution in [2.45, 2.75) is 19.4 Å². The Hall–Kier alpha value is -3.16. The first-order chi connectivity index (χ1) is 14.3. The summed E-state index contributed by atoms with van der Waals surface area (Å²) in [5, 5.41) is 0. The lowest BCUT2D eigenvalue weighted by Crippen LogP contribution is -2.38. The highest BCUT2D eigenvalue weighted by Gasteiger charge is 2.47. The SMILES string of the molecule is CN(Cc1ccc(N(C)C)cc1)C(=O)COC(=O)CN1C(=O)[C@@H]2CC=CC[C@H]2C1=O.